The number of carboxylic acids is 1. The van der Waals surface area contributed by atoms with Crippen LogP contribution in [0.25, 0.3) is 26.4 Å². The van der Waals surface area contributed by atoms with Gasteiger partial charge < -0.3 is 9.84 Å². The van der Waals surface area contributed by atoms with Crippen molar-refractivity contribution in [1.82, 2.24) is 9.38 Å². The lowest BCUT2D eigenvalue weighted by molar-refractivity contribution is -0.142. The highest BCUT2D eigenvalue weighted by molar-refractivity contribution is 7.23. The van der Waals surface area contributed by atoms with Gasteiger partial charge in [-0.25, -0.2) is 4.98 Å². The lowest BCUT2D eigenvalue weighted by Gasteiger charge is -2.04. The molecule has 0 amide bonds. The van der Waals surface area contributed by atoms with Crippen LogP contribution in [0.15, 0.2) is 54.7 Å². The largest absolute Gasteiger partial charge is 0.481 e. The molecule has 7 heteroatoms. The van der Waals surface area contributed by atoms with Crippen LogP contribution in [0.4, 0.5) is 0 Å². The summed E-state index contributed by atoms with van der Waals surface area (Å²) in [6.45, 7) is 0. The maximum Gasteiger partial charge on any atom is 0.311 e. The third kappa shape index (κ3) is 3.16. The van der Waals surface area contributed by atoms with E-state index in [1.54, 1.807) is 29.5 Å². The summed E-state index contributed by atoms with van der Waals surface area (Å²) in [5.41, 5.74) is 2.71. The van der Waals surface area contributed by atoms with Crippen LogP contribution >= 0.6 is 11.3 Å². The first kappa shape index (κ1) is 16.3. The van der Waals surface area contributed by atoms with Crippen molar-refractivity contribution in [3.63, 3.8) is 0 Å². The smallest absolute Gasteiger partial charge is 0.311 e. The van der Waals surface area contributed by atoms with Crippen molar-refractivity contribution in [2.75, 3.05) is 0 Å². The molecule has 2 heterocycles. The zero-order valence-electron chi connectivity index (χ0n) is 13.6. The molecule has 0 radical (unpaired) electrons. The fraction of sp³-hybridized carbons (Fsp3) is 0.105. The third-order valence-corrected chi connectivity index (χ3v) is 4.94. The summed E-state index contributed by atoms with van der Waals surface area (Å²) in [5.74, 6) is -1.22. The van der Waals surface area contributed by atoms with E-state index in [-0.39, 0.29) is 12.8 Å². The minimum atomic E-state index is -1.03. The molecule has 0 fully saturated rings. The van der Waals surface area contributed by atoms with Gasteiger partial charge in [0.15, 0.2) is 4.96 Å². The number of benzene rings is 2. The molecule has 130 valence electrons. The van der Waals surface area contributed by atoms with Gasteiger partial charge in [-0.05, 0) is 24.3 Å². The van der Waals surface area contributed by atoms with Crippen molar-refractivity contribution in [3.8, 4) is 17.0 Å². The quantitative estimate of drug-likeness (QED) is 0.427. The first-order valence-corrected chi connectivity index (χ1v) is 8.81. The van der Waals surface area contributed by atoms with Gasteiger partial charge in [0.1, 0.15) is 5.75 Å². The number of rotatable bonds is 5. The lowest BCUT2D eigenvalue weighted by Crippen LogP contribution is -2.10. The minimum absolute atomic E-state index is 0.161. The molecular weight excluding hydrogens is 352 g/mol. The molecule has 0 spiro atoms. The highest BCUT2D eigenvalue weighted by atomic mass is 32.1. The maximum absolute atomic E-state index is 11.7. The summed E-state index contributed by atoms with van der Waals surface area (Å²) >= 11 is 1.61. The molecule has 0 saturated heterocycles. The topological polar surface area (TPSA) is 80.9 Å². The number of hydrogen-bond donors (Lipinski definition) is 1. The van der Waals surface area contributed by atoms with Crippen LogP contribution in [0.1, 0.15) is 12.8 Å². The number of hydrogen-bond acceptors (Lipinski definition) is 5. The summed E-state index contributed by atoms with van der Waals surface area (Å²) in [4.78, 5) is 27.8. The second-order valence-electron chi connectivity index (χ2n) is 5.74. The fourth-order valence-corrected chi connectivity index (χ4v) is 3.71. The van der Waals surface area contributed by atoms with Crippen molar-refractivity contribution in [3.05, 3.63) is 54.7 Å². The number of imidazole rings is 1. The summed E-state index contributed by atoms with van der Waals surface area (Å²) in [6, 6.07) is 15.2. The number of aliphatic carboxylic acids is 1. The van der Waals surface area contributed by atoms with E-state index >= 15 is 0 Å². The van der Waals surface area contributed by atoms with Crippen LogP contribution in [0, 0.1) is 0 Å². The highest BCUT2D eigenvalue weighted by Crippen LogP contribution is 2.30. The molecule has 2 aromatic carbocycles. The van der Waals surface area contributed by atoms with Crippen molar-refractivity contribution < 1.29 is 19.4 Å². The van der Waals surface area contributed by atoms with Gasteiger partial charge >= 0.3 is 11.9 Å². The Bertz CT molecular complexity index is 1130. The second-order valence-corrected chi connectivity index (χ2v) is 6.75. The molecule has 6 nitrogen and oxygen atoms in total. The molecule has 0 bridgehead atoms. The first-order valence-electron chi connectivity index (χ1n) is 8.00. The summed E-state index contributed by atoms with van der Waals surface area (Å²) < 4.78 is 8.43. The Kier molecular flexibility index (Phi) is 4.14. The minimum Gasteiger partial charge on any atom is -0.481 e. The summed E-state index contributed by atoms with van der Waals surface area (Å²) in [6.07, 6.45) is 1.55. The summed E-state index contributed by atoms with van der Waals surface area (Å²) in [5, 5.41) is 8.63. The molecule has 2 aromatic heterocycles. The van der Waals surface area contributed by atoms with Crippen LogP contribution in [0.5, 0.6) is 5.75 Å². The number of nitrogens with zero attached hydrogens (tertiary/aromatic N) is 2. The molecule has 0 atom stereocenters. The van der Waals surface area contributed by atoms with Crippen LogP contribution in [0.3, 0.4) is 0 Å². The van der Waals surface area contributed by atoms with Gasteiger partial charge in [0.2, 0.25) is 0 Å². The van der Waals surface area contributed by atoms with Gasteiger partial charge in [0.05, 0.1) is 28.8 Å². The van der Waals surface area contributed by atoms with E-state index in [0.717, 1.165) is 21.7 Å². The van der Waals surface area contributed by atoms with E-state index in [1.165, 1.54) is 4.70 Å². The number of para-hydroxylation sites is 1. The summed E-state index contributed by atoms with van der Waals surface area (Å²) in [7, 11) is 0. The molecular formula is C19H14N2O4S. The number of esters is 1. The Morgan fingerprint density at radius 3 is 2.81 bits per heavy atom. The van der Waals surface area contributed by atoms with Crippen LogP contribution in [-0.2, 0) is 9.59 Å². The molecule has 0 aliphatic rings. The molecule has 4 aromatic rings. The Labute approximate surface area is 152 Å². The second kappa shape index (κ2) is 6.61. The number of carbonyl (C=O) groups is 2. The van der Waals surface area contributed by atoms with E-state index in [2.05, 4.69) is 11.1 Å². The van der Waals surface area contributed by atoms with Crippen molar-refractivity contribution in [2.45, 2.75) is 12.8 Å². The van der Waals surface area contributed by atoms with Gasteiger partial charge in [-0.15, -0.1) is 0 Å². The monoisotopic (exact) mass is 366 g/mol. The van der Waals surface area contributed by atoms with E-state index < -0.39 is 11.9 Å². The van der Waals surface area contributed by atoms with E-state index in [0.29, 0.717) is 5.75 Å². The van der Waals surface area contributed by atoms with Gasteiger partial charge in [-0.1, -0.05) is 35.6 Å². The SMILES string of the molecule is O=C(O)CCC(=O)Oc1cccc(-c2cn3c(n2)sc2ccccc23)c1. The van der Waals surface area contributed by atoms with Gasteiger partial charge in [0, 0.05) is 11.8 Å². The fourth-order valence-electron chi connectivity index (χ4n) is 2.70. The molecule has 0 unspecified atom stereocenters. The van der Waals surface area contributed by atoms with Gasteiger partial charge in [-0.3, -0.25) is 14.0 Å². The first-order chi connectivity index (χ1) is 12.6. The van der Waals surface area contributed by atoms with E-state index in [9.17, 15) is 9.59 Å². The molecule has 4 rings (SSSR count). The Balaban J connectivity index is 1.61. The van der Waals surface area contributed by atoms with Gasteiger partial charge in [-0.2, -0.15) is 0 Å². The van der Waals surface area contributed by atoms with Crippen molar-refractivity contribution in [2.24, 2.45) is 0 Å². The van der Waals surface area contributed by atoms with Crippen LogP contribution in [-0.4, -0.2) is 26.4 Å². The number of aromatic nitrogens is 2. The molecule has 0 saturated carbocycles. The zero-order chi connectivity index (χ0) is 18.1. The zero-order valence-corrected chi connectivity index (χ0v) is 14.4. The highest BCUT2D eigenvalue weighted by Gasteiger charge is 2.12. The number of fused-ring (bicyclic) bond motifs is 3. The third-order valence-electron chi connectivity index (χ3n) is 3.90. The normalized spacial score (nSPS) is 11.1. The molecule has 26 heavy (non-hydrogen) atoms. The molecule has 0 aliphatic heterocycles. The number of ether oxygens (including phenoxy) is 1. The Hall–Kier alpha value is -3.19. The average molecular weight is 366 g/mol. The van der Waals surface area contributed by atoms with E-state index in [1.807, 2.05) is 34.9 Å². The predicted molar refractivity (Wildman–Crippen MR) is 98.5 cm³/mol. The predicted octanol–water partition coefficient (Wildman–Crippen LogP) is 3.99. The van der Waals surface area contributed by atoms with E-state index in [4.69, 9.17) is 9.84 Å². The number of carboxylic acid groups (broad SMARTS) is 1. The van der Waals surface area contributed by atoms with Crippen molar-refractivity contribution >= 4 is 38.5 Å². The number of thiazole rings is 1. The van der Waals surface area contributed by atoms with Crippen LogP contribution in [0.2, 0.25) is 0 Å². The maximum atomic E-state index is 11.7. The molecule has 1 N–H and O–H groups in total. The Morgan fingerprint density at radius 2 is 1.96 bits per heavy atom. The standard InChI is InChI=1S/C19H14N2O4S/c22-17(23)8-9-18(24)25-13-5-3-4-12(10-13)14-11-21-15-6-1-2-7-16(15)26-19(21)20-14/h1-7,10-11H,8-9H2,(H,22,23). The van der Waals surface area contributed by atoms with Crippen molar-refractivity contribution in [1.29, 1.82) is 0 Å². The van der Waals surface area contributed by atoms with Crippen LogP contribution < -0.4 is 4.74 Å². The Morgan fingerprint density at radius 1 is 1.12 bits per heavy atom. The molecule has 0 aliphatic carbocycles. The van der Waals surface area contributed by atoms with Gasteiger partial charge in [0.25, 0.3) is 0 Å². The number of carbonyl (C=O) groups excluding carboxylic acids is 1. The lowest BCUT2D eigenvalue weighted by atomic mass is 10.1. The average Bonchev–Trinajstić information content (AvgIpc) is 3.18.